The van der Waals surface area contributed by atoms with Crippen LogP contribution in [0.5, 0.6) is 0 Å². The third-order valence-corrected chi connectivity index (χ3v) is 6.07. The number of benzene rings is 3. The predicted octanol–water partition coefficient (Wildman–Crippen LogP) is 3.98. The molecule has 158 valence electrons. The van der Waals surface area contributed by atoms with Crippen LogP contribution < -0.4 is 5.56 Å². The van der Waals surface area contributed by atoms with E-state index >= 15 is 0 Å². The second-order valence-electron chi connectivity index (χ2n) is 7.11. The van der Waals surface area contributed by atoms with Gasteiger partial charge in [-0.2, -0.15) is 15.0 Å². The van der Waals surface area contributed by atoms with Crippen LogP contribution in [0.2, 0.25) is 0 Å². The molecule has 3 aromatic carbocycles. The van der Waals surface area contributed by atoms with Gasteiger partial charge in [-0.15, -0.1) is 0 Å². The van der Waals surface area contributed by atoms with Crippen molar-refractivity contribution in [3.05, 3.63) is 101 Å². The second kappa shape index (κ2) is 8.21. The van der Waals surface area contributed by atoms with Gasteiger partial charge in [0.25, 0.3) is 5.56 Å². The van der Waals surface area contributed by atoms with Crippen molar-refractivity contribution >= 4 is 9.84 Å². The van der Waals surface area contributed by atoms with Gasteiger partial charge in [-0.05, 0) is 59.7 Å². The SMILES string of the molecule is CS(=O)(=O)c1ccc(-c2cnn(-c3ccc(C#N)cc3)c(=O)c2-c2ccc(F)cc2)cc1. The molecule has 8 heteroatoms. The molecule has 0 N–H and O–H groups in total. The molecule has 4 rings (SSSR count). The Bertz CT molecular complexity index is 1500. The zero-order valence-corrected chi connectivity index (χ0v) is 17.7. The summed E-state index contributed by atoms with van der Waals surface area (Å²) in [4.78, 5) is 13.6. The number of nitriles is 1. The molecule has 0 unspecified atom stereocenters. The summed E-state index contributed by atoms with van der Waals surface area (Å²) in [6, 6.07) is 20.1. The first kappa shape index (κ1) is 21.2. The maximum Gasteiger partial charge on any atom is 0.279 e. The molecule has 0 saturated heterocycles. The number of hydrogen-bond donors (Lipinski definition) is 0. The maximum absolute atomic E-state index is 13.5. The zero-order chi connectivity index (χ0) is 22.9. The fraction of sp³-hybridized carbons (Fsp3) is 0.0417. The molecule has 0 bridgehead atoms. The average molecular weight is 445 g/mol. The van der Waals surface area contributed by atoms with Crippen LogP contribution in [0, 0.1) is 17.1 Å². The fourth-order valence-electron chi connectivity index (χ4n) is 3.31. The molecule has 1 aromatic heterocycles. The first-order valence-electron chi connectivity index (χ1n) is 9.47. The lowest BCUT2D eigenvalue weighted by Crippen LogP contribution is -2.23. The van der Waals surface area contributed by atoms with Gasteiger partial charge in [0, 0.05) is 11.8 Å². The van der Waals surface area contributed by atoms with E-state index in [2.05, 4.69) is 5.10 Å². The summed E-state index contributed by atoms with van der Waals surface area (Å²) < 4.78 is 38.3. The molecule has 1 heterocycles. The predicted molar refractivity (Wildman–Crippen MR) is 118 cm³/mol. The summed E-state index contributed by atoms with van der Waals surface area (Å²) in [6.45, 7) is 0. The number of sulfone groups is 1. The topological polar surface area (TPSA) is 92.8 Å². The Balaban J connectivity index is 1.94. The zero-order valence-electron chi connectivity index (χ0n) is 16.9. The molecule has 0 aliphatic carbocycles. The Labute approximate surface area is 183 Å². The van der Waals surface area contributed by atoms with Crippen molar-refractivity contribution in [1.29, 1.82) is 5.26 Å². The Morgan fingerprint density at radius 2 is 1.50 bits per heavy atom. The van der Waals surface area contributed by atoms with E-state index in [1.165, 1.54) is 47.3 Å². The number of hydrogen-bond acceptors (Lipinski definition) is 5. The summed E-state index contributed by atoms with van der Waals surface area (Å²) in [6.07, 6.45) is 2.63. The van der Waals surface area contributed by atoms with Gasteiger partial charge >= 0.3 is 0 Å². The number of halogens is 1. The molecular weight excluding hydrogens is 429 g/mol. The van der Waals surface area contributed by atoms with Crippen LogP contribution in [0.15, 0.2) is 88.7 Å². The number of aromatic nitrogens is 2. The van der Waals surface area contributed by atoms with Gasteiger partial charge < -0.3 is 0 Å². The van der Waals surface area contributed by atoms with Gasteiger partial charge in [0.15, 0.2) is 9.84 Å². The van der Waals surface area contributed by atoms with Crippen molar-refractivity contribution in [2.45, 2.75) is 4.90 Å². The Morgan fingerprint density at radius 3 is 2.06 bits per heavy atom. The van der Waals surface area contributed by atoms with Crippen LogP contribution >= 0.6 is 0 Å². The molecule has 0 fully saturated rings. The molecular formula is C24H16FN3O3S. The standard InChI is InChI=1S/C24H16FN3O3S/c1-32(30,31)21-12-6-17(7-13-21)22-15-27-28(20-10-2-16(14-26)3-11-20)24(29)23(22)18-4-8-19(25)9-5-18/h2-13,15H,1H3. The van der Waals surface area contributed by atoms with Gasteiger partial charge in [0.2, 0.25) is 0 Å². The smallest absolute Gasteiger partial charge is 0.267 e. The van der Waals surface area contributed by atoms with Crippen molar-refractivity contribution in [2.24, 2.45) is 0 Å². The van der Waals surface area contributed by atoms with Crippen LogP contribution in [0.3, 0.4) is 0 Å². The van der Waals surface area contributed by atoms with Crippen LogP contribution in [0.1, 0.15) is 5.56 Å². The Kier molecular flexibility index (Phi) is 5.43. The molecule has 0 amide bonds. The molecule has 0 aliphatic heterocycles. The van der Waals surface area contributed by atoms with Crippen LogP contribution in [0.4, 0.5) is 4.39 Å². The van der Waals surface area contributed by atoms with Crippen LogP contribution in [-0.2, 0) is 9.84 Å². The summed E-state index contributed by atoms with van der Waals surface area (Å²) in [5.41, 5.74) is 2.32. The summed E-state index contributed by atoms with van der Waals surface area (Å²) in [7, 11) is -3.37. The number of rotatable bonds is 4. The lowest BCUT2D eigenvalue weighted by atomic mass is 9.97. The van der Waals surface area contributed by atoms with Crippen molar-refractivity contribution < 1.29 is 12.8 Å². The van der Waals surface area contributed by atoms with Crippen LogP contribution in [0.25, 0.3) is 27.9 Å². The van der Waals surface area contributed by atoms with Crippen LogP contribution in [-0.4, -0.2) is 24.5 Å². The lowest BCUT2D eigenvalue weighted by Gasteiger charge is -2.13. The van der Waals surface area contributed by atoms with E-state index in [1.807, 2.05) is 6.07 Å². The van der Waals surface area contributed by atoms with E-state index in [1.54, 1.807) is 36.4 Å². The molecule has 0 atom stereocenters. The Morgan fingerprint density at radius 1 is 0.906 bits per heavy atom. The summed E-state index contributed by atoms with van der Waals surface area (Å²) >= 11 is 0. The van der Waals surface area contributed by atoms with E-state index in [-0.39, 0.29) is 10.5 Å². The van der Waals surface area contributed by atoms with Gasteiger partial charge in [-0.1, -0.05) is 24.3 Å². The molecule has 4 aromatic rings. The normalized spacial score (nSPS) is 11.2. The van der Waals surface area contributed by atoms with Gasteiger partial charge in [-0.3, -0.25) is 4.79 Å². The van der Waals surface area contributed by atoms with Gasteiger partial charge in [0.05, 0.1) is 34.0 Å². The average Bonchev–Trinajstić information content (AvgIpc) is 2.79. The minimum atomic E-state index is -3.37. The third kappa shape index (κ3) is 4.06. The molecule has 32 heavy (non-hydrogen) atoms. The van der Waals surface area contributed by atoms with Crippen molar-refractivity contribution in [2.75, 3.05) is 6.26 Å². The summed E-state index contributed by atoms with van der Waals surface area (Å²) in [5.74, 6) is -0.436. The Hall–Kier alpha value is -4.09. The molecule has 0 radical (unpaired) electrons. The van der Waals surface area contributed by atoms with E-state index in [0.717, 1.165) is 6.26 Å². The number of nitrogens with zero attached hydrogens (tertiary/aromatic N) is 3. The fourth-order valence-corrected chi connectivity index (χ4v) is 3.94. The van der Waals surface area contributed by atoms with Crippen molar-refractivity contribution in [1.82, 2.24) is 9.78 Å². The van der Waals surface area contributed by atoms with Gasteiger partial charge in [-0.25, -0.2) is 12.8 Å². The molecule has 0 saturated carbocycles. The van der Waals surface area contributed by atoms with E-state index < -0.39 is 21.2 Å². The van der Waals surface area contributed by atoms with E-state index in [9.17, 15) is 17.6 Å². The maximum atomic E-state index is 13.5. The van der Waals surface area contributed by atoms with Crippen molar-refractivity contribution in [3.8, 4) is 34.0 Å². The monoisotopic (exact) mass is 445 g/mol. The first-order valence-corrected chi connectivity index (χ1v) is 11.4. The highest BCUT2D eigenvalue weighted by Gasteiger charge is 2.17. The lowest BCUT2D eigenvalue weighted by molar-refractivity contribution is 0.602. The summed E-state index contributed by atoms with van der Waals surface area (Å²) in [5, 5.41) is 13.3. The highest BCUT2D eigenvalue weighted by molar-refractivity contribution is 7.90. The highest BCUT2D eigenvalue weighted by Crippen LogP contribution is 2.30. The molecule has 6 nitrogen and oxygen atoms in total. The molecule has 0 spiro atoms. The minimum Gasteiger partial charge on any atom is -0.267 e. The second-order valence-corrected chi connectivity index (χ2v) is 9.13. The van der Waals surface area contributed by atoms with E-state index in [0.29, 0.717) is 27.9 Å². The van der Waals surface area contributed by atoms with Crippen molar-refractivity contribution in [3.63, 3.8) is 0 Å². The van der Waals surface area contributed by atoms with E-state index in [4.69, 9.17) is 5.26 Å². The van der Waals surface area contributed by atoms with Gasteiger partial charge in [0.1, 0.15) is 5.82 Å². The third-order valence-electron chi connectivity index (χ3n) is 4.95. The largest absolute Gasteiger partial charge is 0.279 e. The minimum absolute atomic E-state index is 0.156. The molecule has 0 aliphatic rings. The highest BCUT2D eigenvalue weighted by atomic mass is 32.2. The first-order chi connectivity index (χ1) is 15.3. The quantitative estimate of drug-likeness (QED) is 0.474.